The fourth-order valence-electron chi connectivity index (χ4n) is 1.60. The summed E-state index contributed by atoms with van der Waals surface area (Å²) in [7, 11) is 0. The van der Waals surface area contributed by atoms with E-state index in [0.29, 0.717) is 32.1 Å². The molecule has 0 heterocycles. The number of aliphatic hydroxyl groups excluding tert-OH is 2. The van der Waals surface area contributed by atoms with E-state index in [9.17, 15) is 5.11 Å². The summed E-state index contributed by atoms with van der Waals surface area (Å²) in [6.45, 7) is 0.0343. The first-order valence-corrected chi connectivity index (χ1v) is 4.18. The first kappa shape index (κ1) is 8.97. The van der Waals surface area contributed by atoms with Crippen molar-refractivity contribution >= 4 is 0 Å². The van der Waals surface area contributed by atoms with E-state index in [-0.39, 0.29) is 12.7 Å². The molecule has 0 radical (unpaired) electrons. The lowest BCUT2D eigenvalue weighted by Gasteiger charge is -2.33. The van der Waals surface area contributed by atoms with Gasteiger partial charge in [-0.1, -0.05) is 0 Å². The predicted molar refractivity (Wildman–Crippen MR) is 41.1 cm³/mol. The smallest absolute Gasteiger partial charge is 0.0671 e. The lowest BCUT2D eigenvalue weighted by atomic mass is 9.81. The first-order valence-electron chi connectivity index (χ1n) is 4.18. The lowest BCUT2D eigenvalue weighted by molar-refractivity contribution is -0.0458. The SMILES string of the molecule is OCC[C@]1(O)CC[C@@H](O)CC1. The molecule has 1 aliphatic rings. The summed E-state index contributed by atoms with van der Waals surface area (Å²) in [4.78, 5) is 0. The predicted octanol–water partition coefficient (Wildman–Crippen LogP) is 0.0348. The van der Waals surface area contributed by atoms with Gasteiger partial charge in [-0.2, -0.15) is 0 Å². The van der Waals surface area contributed by atoms with Gasteiger partial charge in [0.25, 0.3) is 0 Å². The maximum Gasteiger partial charge on any atom is 0.0671 e. The quantitative estimate of drug-likeness (QED) is 0.534. The summed E-state index contributed by atoms with van der Waals surface area (Å²) in [5, 5.41) is 27.5. The van der Waals surface area contributed by atoms with Gasteiger partial charge in [-0.15, -0.1) is 0 Å². The van der Waals surface area contributed by atoms with Crippen molar-refractivity contribution in [2.45, 2.75) is 43.8 Å². The molecule has 0 aromatic heterocycles. The highest BCUT2D eigenvalue weighted by molar-refractivity contribution is 4.84. The average molecular weight is 160 g/mol. The molecule has 0 aliphatic heterocycles. The summed E-state index contributed by atoms with van der Waals surface area (Å²) in [6, 6.07) is 0. The van der Waals surface area contributed by atoms with Crippen LogP contribution in [0.15, 0.2) is 0 Å². The molecular formula is C8H16O3. The minimum atomic E-state index is -0.700. The van der Waals surface area contributed by atoms with Crippen molar-refractivity contribution < 1.29 is 15.3 Å². The van der Waals surface area contributed by atoms with Crippen LogP contribution < -0.4 is 0 Å². The van der Waals surface area contributed by atoms with Gasteiger partial charge in [0.2, 0.25) is 0 Å². The molecule has 1 rings (SSSR count). The third-order valence-corrected chi connectivity index (χ3v) is 2.46. The fourth-order valence-corrected chi connectivity index (χ4v) is 1.60. The second-order valence-electron chi connectivity index (χ2n) is 3.43. The van der Waals surface area contributed by atoms with E-state index in [4.69, 9.17) is 10.2 Å². The molecule has 0 amide bonds. The maximum atomic E-state index is 9.72. The van der Waals surface area contributed by atoms with E-state index in [1.165, 1.54) is 0 Å². The van der Waals surface area contributed by atoms with Crippen molar-refractivity contribution in [2.24, 2.45) is 0 Å². The molecule has 0 bridgehead atoms. The van der Waals surface area contributed by atoms with Crippen LogP contribution in [0.3, 0.4) is 0 Å². The van der Waals surface area contributed by atoms with Crippen molar-refractivity contribution in [3.63, 3.8) is 0 Å². The van der Waals surface area contributed by atoms with Crippen LogP contribution in [0.4, 0.5) is 0 Å². The summed E-state index contributed by atoms with van der Waals surface area (Å²) >= 11 is 0. The normalized spacial score (nSPS) is 39.0. The summed E-state index contributed by atoms with van der Waals surface area (Å²) < 4.78 is 0. The topological polar surface area (TPSA) is 60.7 Å². The fraction of sp³-hybridized carbons (Fsp3) is 1.00. The Morgan fingerprint density at radius 1 is 1.27 bits per heavy atom. The van der Waals surface area contributed by atoms with Gasteiger partial charge >= 0.3 is 0 Å². The van der Waals surface area contributed by atoms with Crippen LogP contribution >= 0.6 is 0 Å². The number of aliphatic hydroxyl groups is 3. The Labute approximate surface area is 66.7 Å². The minimum Gasteiger partial charge on any atom is -0.396 e. The molecule has 66 valence electrons. The van der Waals surface area contributed by atoms with Crippen molar-refractivity contribution in [2.75, 3.05) is 6.61 Å². The van der Waals surface area contributed by atoms with Gasteiger partial charge in [0, 0.05) is 6.61 Å². The second-order valence-corrected chi connectivity index (χ2v) is 3.43. The number of rotatable bonds is 2. The third kappa shape index (κ3) is 2.43. The lowest BCUT2D eigenvalue weighted by Crippen LogP contribution is -2.36. The highest BCUT2D eigenvalue weighted by Crippen LogP contribution is 2.30. The second kappa shape index (κ2) is 3.52. The number of hydrogen-bond acceptors (Lipinski definition) is 3. The molecule has 0 aromatic carbocycles. The Balaban J connectivity index is 2.35. The van der Waals surface area contributed by atoms with Gasteiger partial charge in [-0.3, -0.25) is 0 Å². The van der Waals surface area contributed by atoms with Crippen LogP contribution in [-0.4, -0.2) is 33.6 Å². The average Bonchev–Trinajstić information content (AvgIpc) is 1.97. The third-order valence-electron chi connectivity index (χ3n) is 2.46. The van der Waals surface area contributed by atoms with Crippen LogP contribution in [-0.2, 0) is 0 Å². The zero-order valence-electron chi connectivity index (χ0n) is 6.66. The largest absolute Gasteiger partial charge is 0.396 e. The molecule has 1 fully saturated rings. The van der Waals surface area contributed by atoms with Gasteiger partial charge in [0.15, 0.2) is 0 Å². The molecule has 3 nitrogen and oxygen atoms in total. The molecule has 1 aliphatic carbocycles. The van der Waals surface area contributed by atoms with Crippen LogP contribution in [0.1, 0.15) is 32.1 Å². The molecule has 3 heteroatoms. The molecule has 0 aromatic rings. The molecule has 0 unspecified atom stereocenters. The van der Waals surface area contributed by atoms with Gasteiger partial charge < -0.3 is 15.3 Å². The monoisotopic (exact) mass is 160 g/mol. The molecular weight excluding hydrogens is 144 g/mol. The van der Waals surface area contributed by atoms with Crippen LogP contribution in [0.5, 0.6) is 0 Å². The molecule has 0 atom stereocenters. The Bertz CT molecular complexity index is 117. The van der Waals surface area contributed by atoms with E-state index in [2.05, 4.69) is 0 Å². The van der Waals surface area contributed by atoms with Gasteiger partial charge in [0.1, 0.15) is 0 Å². The standard InChI is InChI=1S/C8H16O3/c9-6-5-8(11)3-1-7(10)2-4-8/h7,9-11H,1-6H2/t7-,8+. The Morgan fingerprint density at radius 3 is 2.27 bits per heavy atom. The van der Waals surface area contributed by atoms with E-state index in [0.717, 1.165) is 0 Å². The van der Waals surface area contributed by atoms with Crippen LogP contribution in [0, 0.1) is 0 Å². The van der Waals surface area contributed by atoms with Crippen molar-refractivity contribution in [3.8, 4) is 0 Å². The summed E-state index contributed by atoms with van der Waals surface area (Å²) in [5.74, 6) is 0. The van der Waals surface area contributed by atoms with Crippen molar-refractivity contribution in [1.82, 2.24) is 0 Å². The van der Waals surface area contributed by atoms with Crippen molar-refractivity contribution in [3.05, 3.63) is 0 Å². The summed E-state index contributed by atoms with van der Waals surface area (Å²) in [6.07, 6.45) is 2.77. The van der Waals surface area contributed by atoms with Gasteiger partial charge in [-0.05, 0) is 32.1 Å². The molecule has 0 saturated heterocycles. The molecule has 1 saturated carbocycles. The maximum absolute atomic E-state index is 9.72. The van der Waals surface area contributed by atoms with E-state index in [1.807, 2.05) is 0 Å². The molecule has 11 heavy (non-hydrogen) atoms. The minimum absolute atomic E-state index is 0.0343. The van der Waals surface area contributed by atoms with Crippen LogP contribution in [0.25, 0.3) is 0 Å². The van der Waals surface area contributed by atoms with E-state index >= 15 is 0 Å². The summed E-state index contributed by atoms with van der Waals surface area (Å²) in [5.41, 5.74) is -0.700. The molecule has 3 N–H and O–H groups in total. The zero-order valence-corrected chi connectivity index (χ0v) is 6.66. The van der Waals surface area contributed by atoms with Crippen LogP contribution in [0.2, 0.25) is 0 Å². The van der Waals surface area contributed by atoms with E-state index in [1.54, 1.807) is 0 Å². The number of hydrogen-bond donors (Lipinski definition) is 3. The van der Waals surface area contributed by atoms with Gasteiger partial charge in [-0.25, -0.2) is 0 Å². The van der Waals surface area contributed by atoms with Crippen molar-refractivity contribution in [1.29, 1.82) is 0 Å². The zero-order chi connectivity index (χ0) is 8.32. The highest BCUT2D eigenvalue weighted by atomic mass is 16.3. The van der Waals surface area contributed by atoms with Gasteiger partial charge in [0.05, 0.1) is 11.7 Å². The first-order chi connectivity index (χ1) is 5.16. The van der Waals surface area contributed by atoms with E-state index < -0.39 is 5.60 Å². The Morgan fingerprint density at radius 2 is 1.82 bits per heavy atom. The highest BCUT2D eigenvalue weighted by Gasteiger charge is 2.31. The Kier molecular flexibility index (Phi) is 2.87. The molecule has 0 spiro atoms. The Hall–Kier alpha value is -0.120.